The number of aromatic nitrogens is 2. The van der Waals surface area contributed by atoms with Gasteiger partial charge in [0.1, 0.15) is 11.6 Å². The smallest absolute Gasteiger partial charge is 0.140 e. The zero-order chi connectivity index (χ0) is 14.1. The van der Waals surface area contributed by atoms with E-state index in [0.717, 1.165) is 28.8 Å². The lowest BCUT2D eigenvalue weighted by Crippen LogP contribution is -2.02. The lowest BCUT2D eigenvalue weighted by atomic mass is 10.1. The molecule has 0 amide bonds. The van der Waals surface area contributed by atoms with E-state index < -0.39 is 0 Å². The van der Waals surface area contributed by atoms with Gasteiger partial charge < -0.3 is 10.3 Å². The maximum atomic E-state index is 13.3. The van der Waals surface area contributed by atoms with Crippen LogP contribution in [0.15, 0.2) is 42.5 Å². The second-order valence-corrected chi connectivity index (χ2v) is 4.86. The number of fused-ring (bicyclic) bond motifs is 1. The highest BCUT2D eigenvalue weighted by Gasteiger charge is 2.10. The molecule has 0 bridgehead atoms. The molecule has 0 saturated carbocycles. The maximum Gasteiger partial charge on any atom is 0.140 e. The number of hydrogen-bond acceptors (Lipinski definition) is 2. The third-order valence-corrected chi connectivity index (χ3v) is 3.49. The van der Waals surface area contributed by atoms with Gasteiger partial charge in [-0.1, -0.05) is 24.3 Å². The van der Waals surface area contributed by atoms with Gasteiger partial charge in [0.15, 0.2) is 0 Å². The van der Waals surface area contributed by atoms with Crippen LogP contribution in [-0.2, 0) is 13.5 Å². The summed E-state index contributed by atoms with van der Waals surface area (Å²) in [6.07, 6.45) is 0.869. The minimum Gasteiger partial charge on any atom is -0.330 e. The highest BCUT2D eigenvalue weighted by Crippen LogP contribution is 2.24. The molecule has 3 nitrogen and oxygen atoms in total. The summed E-state index contributed by atoms with van der Waals surface area (Å²) in [5.41, 5.74) is 9.37. The molecule has 4 heteroatoms. The lowest BCUT2D eigenvalue weighted by Gasteiger charge is -2.04. The Balaban J connectivity index is 2.07. The second kappa shape index (κ2) is 5.06. The quantitative estimate of drug-likeness (QED) is 0.794. The minimum absolute atomic E-state index is 0.245. The molecular formula is C16H16FN3. The zero-order valence-corrected chi connectivity index (χ0v) is 11.3. The molecule has 2 aromatic carbocycles. The first-order chi connectivity index (χ1) is 9.69. The van der Waals surface area contributed by atoms with Gasteiger partial charge in [0.2, 0.25) is 0 Å². The third kappa shape index (κ3) is 2.18. The standard InChI is InChI=1S/C16H16FN3/c1-20-15-10-13(17)6-7-14(15)19-16(20)12-4-2-11(3-5-12)8-9-18/h2-7,10H,8-9,18H2,1H3. The average Bonchev–Trinajstić information content (AvgIpc) is 2.77. The summed E-state index contributed by atoms with van der Waals surface area (Å²) in [5, 5.41) is 0. The Labute approximate surface area is 116 Å². The van der Waals surface area contributed by atoms with Gasteiger partial charge in [-0.3, -0.25) is 0 Å². The van der Waals surface area contributed by atoms with Crippen molar-refractivity contribution in [2.24, 2.45) is 12.8 Å². The molecule has 3 aromatic rings. The lowest BCUT2D eigenvalue weighted by molar-refractivity contribution is 0.629. The van der Waals surface area contributed by atoms with Crippen LogP contribution in [0.2, 0.25) is 0 Å². The largest absolute Gasteiger partial charge is 0.330 e. The number of hydrogen-bond donors (Lipinski definition) is 1. The van der Waals surface area contributed by atoms with Crippen molar-refractivity contribution in [2.45, 2.75) is 6.42 Å². The fourth-order valence-electron chi connectivity index (χ4n) is 2.41. The number of benzene rings is 2. The van der Waals surface area contributed by atoms with Gasteiger partial charge in [0.25, 0.3) is 0 Å². The van der Waals surface area contributed by atoms with Gasteiger partial charge in [0, 0.05) is 12.6 Å². The summed E-state index contributed by atoms with van der Waals surface area (Å²) in [6, 6.07) is 12.8. The van der Waals surface area contributed by atoms with Gasteiger partial charge in [-0.2, -0.15) is 0 Å². The average molecular weight is 269 g/mol. The van der Waals surface area contributed by atoms with Crippen LogP contribution in [-0.4, -0.2) is 16.1 Å². The van der Waals surface area contributed by atoms with Crippen molar-refractivity contribution in [2.75, 3.05) is 6.54 Å². The topological polar surface area (TPSA) is 43.8 Å². The Morgan fingerprint density at radius 1 is 1.15 bits per heavy atom. The Hall–Kier alpha value is -2.20. The van der Waals surface area contributed by atoms with E-state index in [0.29, 0.717) is 6.54 Å². The van der Waals surface area contributed by atoms with Crippen LogP contribution < -0.4 is 5.73 Å². The van der Waals surface area contributed by atoms with Gasteiger partial charge in [-0.25, -0.2) is 9.37 Å². The van der Waals surface area contributed by atoms with Crippen LogP contribution in [0, 0.1) is 5.82 Å². The van der Waals surface area contributed by atoms with Crippen LogP contribution in [0.3, 0.4) is 0 Å². The number of nitrogens with two attached hydrogens (primary N) is 1. The molecule has 0 unspecified atom stereocenters. The molecule has 0 saturated heterocycles. The maximum absolute atomic E-state index is 13.3. The molecule has 0 aliphatic heterocycles. The fourth-order valence-corrected chi connectivity index (χ4v) is 2.41. The summed E-state index contributed by atoms with van der Waals surface area (Å²) in [7, 11) is 1.90. The summed E-state index contributed by atoms with van der Waals surface area (Å²) < 4.78 is 15.2. The van der Waals surface area contributed by atoms with Gasteiger partial charge in [-0.15, -0.1) is 0 Å². The second-order valence-electron chi connectivity index (χ2n) is 4.86. The summed E-state index contributed by atoms with van der Waals surface area (Å²) in [6.45, 7) is 0.644. The zero-order valence-electron chi connectivity index (χ0n) is 11.3. The Morgan fingerprint density at radius 2 is 1.90 bits per heavy atom. The Morgan fingerprint density at radius 3 is 2.60 bits per heavy atom. The van der Waals surface area contributed by atoms with E-state index in [9.17, 15) is 4.39 Å². The van der Waals surface area contributed by atoms with Crippen molar-refractivity contribution in [3.05, 3.63) is 53.8 Å². The van der Waals surface area contributed by atoms with E-state index >= 15 is 0 Å². The molecule has 3 rings (SSSR count). The molecule has 1 aromatic heterocycles. The number of aryl methyl sites for hydroxylation is 1. The number of rotatable bonds is 3. The predicted octanol–water partition coefficient (Wildman–Crippen LogP) is 2.88. The molecule has 102 valence electrons. The van der Waals surface area contributed by atoms with Crippen molar-refractivity contribution < 1.29 is 4.39 Å². The third-order valence-electron chi connectivity index (χ3n) is 3.49. The van der Waals surface area contributed by atoms with Crippen molar-refractivity contribution in [1.29, 1.82) is 0 Å². The fraction of sp³-hybridized carbons (Fsp3) is 0.188. The molecule has 0 radical (unpaired) electrons. The summed E-state index contributed by atoms with van der Waals surface area (Å²) in [4.78, 5) is 4.57. The van der Waals surface area contributed by atoms with Gasteiger partial charge in [0.05, 0.1) is 11.0 Å². The van der Waals surface area contributed by atoms with E-state index in [2.05, 4.69) is 17.1 Å². The molecule has 1 heterocycles. The van der Waals surface area contributed by atoms with Crippen molar-refractivity contribution in [3.8, 4) is 11.4 Å². The summed E-state index contributed by atoms with van der Waals surface area (Å²) in [5.74, 6) is 0.593. The van der Waals surface area contributed by atoms with E-state index in [1.807, 2.05) is 23.7 Å². The highest BCUT2D eigenvalue weighted by atomic mass is 19.1. The SMILES string of the molecule is Cn1c(-c2ccc(CCN)cc2)nc2ccc(F)cc21. The number of halogens is 1. The normalized spacial score (nSPS) is 11.2. The number of imidazole rings is 1. The molecule has 0 fully saturated rings. The van der Waals surface area contributed by atoms with Crippen LogP contribution in [0.4, 0.5) is 4.39 Å². The minimum atomic E-state index is -0.245. The first-order valence-electron chi connectivity index (χ1n) is 6.60. The molecule has 2 N–H and O–H groups in total. The van der Waals surface area contributed by atoms with Crippen molar-refractivity contribution in [3.63, 3.8) is 0 Å². The van der Waals surface area contributed by atoms with Crippen molar-refractivity contribution >= 4 is 11.0 Å². The van der Waals surface area contributed by atoms with E-state index in [4.69, 9.17) is 5.73 Å². The first kappa shape index (κ1) is 12.8. The van der Waals surface area contributed by atoms with Crippen molar-refractivity contribution in [1.82, 2.24) is 9.55 Å². The van der Waals surface area contributed by atoms with Crippen LogP contribution >= 0.6 is 0 Å². The highest BCUT2D eigenvalue weighted by molar-refractivity contribution is 5.80. The van der Waals surface area contributed by atoms with Crippen LogP contribution in [0.1, 0.15) is 5.56 Å². The Bertz CT molecular complexity index is 744. The molecule has 20 heavy (non-hydrogen) atoms. The molecule has 0 spiro atoms. The van der Waals surface area contributed by atoms with E-state index in [1.165, 1.54) is 17.7 Å². The number of nitrogens with zero attached hydrogens (tertiary/aromatic N) is 2. The first-order valence-corrected chi connectivity index (χ1v) is 6.60. The van der Waals surface area contributed by atoms with Gasteiger partial charge in [-0.05, 0) is 36.7 Å². The summed E-state index contributed by atoms with van der Waals surface area (Å²) >= 11 is 0. The Kier molecular flexibility index (Phi) is 3.24. The molecule has 0 aliphatic carbocycles. The molecular weight excluding hydrogens is 253 g/mol. The predicted molar refractivity (Wildman–Crippen MR) is 78.9 cm³/mol. The van der Waals surface area contributed by atoms with E-state index in [-0.39, 0.29) is 5.82 Å². The monoisotopic (exact) mass is 269 g/mol. The molecule has 0 aliphatic rings. The molecule has 0 atom stereocenters. The van der Waals surface area contributed by atoms with Crippen LogP contribution in [0.5, 0.6) is 0 Å². The van der Waals surface area contributed by atoms with Crippen LogP contribution in [0.25, 0.3) is 22.4 Å². The van der Waals surface area contributed by atoms with E-state index in [1.54, 1.807) is 6.07 Å². The van der Waals surface area contributed by atoms with Gasteiger partial charge >= 0.3 is 0 Å².